The Bertz CT molecular complexity index is 174. The summed E-state index contributed by atoms with van der Waals surface area (Å²) in [5.74, 6) is -0.445. The molecule has 0 aromatic carbocycles. The van der Waals surface area contributed by atoms with E-state index in [9.17, 15) is 4.79 Å². The van der Waals surface area contributed by atoms with Crippen molar-refractivity contribution in [2.24, 2.45) is 0 Å². The summed E-state index contributed by atoms with van der Waals surface area (Å²) in [5, 5.41) is 2.86. The predicted molar refractivity (Wildman–Crippen MR) is 50.0 cm³/mol. The zero-order valence-corrected chi connectivity index (χ0v) is 8.42. The van der Waals surface area contributed by atoms with Gasteiger partial charge in [0.25, 0.3) is 6.41 Å². The largest absolute Gasteiger partial charge is 0.418 e. The molecule has 0 radical (unpaired) electrons. The van der Waals surface area contributed by atoms with E-state index in [0.29, 0.717) is 18.7 Å². The third kappa shape index (κ3) is 5.38. The van der Waals surface area contributed by atoms with Crippen molar-refractivity contribution in [3.05, 3.63) is 12.2 Å². The lowest BCUT2D eigenvalue weighted by molar-refractivity contribution is -0.180. The smallest absolute Gasteiger partial charge is 0.336 e. The van der Waals surface area contributed by atoms with Crippen LogP contribution in [0.5, 0.6) is 0 Å². The predicted octanol–water partition coefficient (Wildman–Crippen LogP) is 1.04. The fourth-order valence-electron chi connectivity index (χ4n) is 0.650. The number of rotatable bonds is 6. The van der Waals surface area contributed by atoms with Crippen LogP contribution < -0.4 is 5.32 Å². The third-order valence-corrected chi connectivity index (χ3v) is 1.25. The van der Waals surface area contributed by atoms with E-state index in [1.165, 1.54) is 0 Å². The molecule has 1 unspecified atom stereocenters. The first kappa shape index (κ1) is 12.1. The van der Waals surface area contributed by atoms with E-state index in [1.807, 2.05) is 13.8 Å². The fourth-order valence-corrected chi connectivity index (χ4v) is 0.650. The van der Waals surface area contributed by atoms with Gasteiger partial charge in [-0.05, 0) is 20.4 Å². The van der Waals surface area contributed by atoms with Crippen molar-refractivity contribution in [1.29, 1.82) is 0 Å². The molecule has 4 heteroatoms. The molecule has 13 heavy (non-hydrogen) atoms. The number of nitrogens with one attached hydrogen (secondary N) is 1. The van der Waals surface area contributed by atoms with Crippen molar-refractivity contribution < 1.29 is 14.3 Å². The minimum atomic E-state index is -0.667. The summed E-state index contributed by atoms with van der Waals surface area (Å²) in [6, 6.07) is 0. The second-order valence-corrected chi connectivity index (χ2v) is 2.53. The van der Waals surface area contributed by atoms with E-state index < -0.39 is 12.4 Å². The van der Waals surface area contributed by atoms with Crippen LogP contribution in [0.3, 0.4) is 0 Å². The Labute approximate surface area is 78.9 Å². The normalized spacial score (nSPS) is 12.2. The van der Waals surface area contributed by atoms with Crippen LogP contribution in [0.4, 0.5) is 0 Å². The fraction of sp³-hybridized carbons (Fsp3) is 0.667. The summed E-state index contributed by atoms with van der Waals surface area (Å²) in [4.78, 5) is 11.1. The van der Waals surface area contributed by atoms with E-state index in [2.05, 4.69) is 11.9 Å². The number of hydrogen-bond donors (Lipinski definition) is 1. The van der Waals surface area contributed by atoms with Gasteiger partial charge in [0.2, 0.25) is 0 Å². The molecule has 1 N–H and O–H groups in total. The molecule has 0 saturated carbocycles. The van der Waals surface area contributed by atoms with Gasteiger partial charge in [-0.25, -0.2) is 4.79 Å². The Kier molecular flexibility index (Phi) is 6.18. The maximum absolute atomic E-state index is 11.1. The Morgan fingerprint density at radius 1 is 1.54 bits per heavy atom. The summed E-state index contributed by atoms with van der Waals surface area (Å²) in [7, 11) is 0. The van der Waals surface area contributed by atoms with E-state index in [-0.39, 0.29) is 0 Å². The average molecular weight is 187 g/mol. The molecular formula is C9H17NO3. The zero-order chi connectivity index (χ0) is 10.3. The third-order valence-electron chi connectivity index (χ3n) is 1.25. The standard InChI is InChI=1S/C9H17NO3/c1-5-10-9(12-6-2)13-8(11)7(3)4/h9-10H,3,5-6H2,1-2,4H3. The second-order valence-electron chi connectivity index (χ2n) is 2.53. The number of carbonyl (C=O) groups excluding carboxylic acids is 1. The molecule has 0 amide bonds. The van der Waals surface area contributed by atoms with Crippen molar-refractivity contribution >= 4 is 5.97 Å². The molecule has 0 aliphatic heterocycles. The first-order valence-corrected chi connectivity index (χ1v) is 4.33. The highest BCUT2D eigenvalue weighted by molar-refractivity contribution is 5.86. The molecule has 0 spiro atoms. The molecule has 0 aromatic heterocycles. The van der Waals surface area contributed by atoms with Gasteiger partial charge in [-0.2, -0.15) is 0 Å². The van der Waals surface area contributed by atoms with Gasteiger partial charge in [0.15, 0.2) is 0 Å². The molecule has 76 valence electrons. The minimum absolute atomic E-state index is 0.364. The maximum atomic E-state index is 11.1. The molecule has 0 saturated heterocycles. The van der Waals surface area contributed by atoms with Gasteiger partial charge in [0.1, 0.15) is 0 Å². The summed E-state index contributed by atoms with van der Waals surface area (Å²) in [6.45, 7) is 9.96. The van der Waals surface area contributed by atoms with Crippen molar-refractivity contribution in [1.82, 2.24) is 5.32 Å². The molecule has 0 bridgehead atoms. The highest BCUT2D eigenvalue weighted by atomic mass is 16.7. The number of hydrogen-bond acceptors (Lipinski definition) is 4. The Morgan fingerprint density at radius 3 is 2.54 bits per heavy atom. The minimum Gasteiger partial charge on any atom is -0.418 e. The lowest BCUT2D eigenvalue weighted by Gasteiger charge is -2.17. The van der Waals surface area contributed by atoms with Crippen molar-refractivity contribution in [3.63, 3.8) is 0 Å². The van der Waals surface area contributed by atoms with Crippen LogP contribution in [0.1, 0.15) is 20.8 Å². The first-order chi connectivity index (χ1) is 6.11. The molecule has 0 fully saturated rings. The molecule has 0 rings (SSSR count). The van der Waals surface area contributed by atoms with E-state index in [4.69, 9.17) is 9.47 Å². The summed E-state index contributed by atoms with van der Waals surface area (Å²) >= 11 is 0. The number of ether oxygens (including phenoxy) is 2. The Hall–Kier alpha value is -0.870. The summed E-state index contributed by atoms with van der Waals surface area (Å²) < 4.78 is 10.0. The monoisotopic (exact) mass is 187 g/mol. The molecule has 1 atom stereocenters. The van der Waals surface area contributed by atoms with Crippen LogP contribution >= 0.6 is 0 Å². The molecule has 0 aliphatic rings. The van der Waals surface area contributed by atoms with Gasteiger partial charge in [-0.1, -0.05) is 13.5 Å². The quantitative estimate of drug-likeness (QED) is 0.383. The number of carbonyl (C=O) groups is 1. The van der Waals surface area contributed by atoms with Crippen LogP contribution in [0.25, 0.3) is 0 Å². The topological polar surface area (TPSA) is 47.6 Å². The first-order valence-electron chi connectivity index (χ1n) is 4.33. The Morgan fingerprint density at radius 2 is 2.15 bits per heavy atom. The Balaban J connectivity index is 3.93. The van der Waals surface area contributed by atoms with Gasteiger partial charge < -0.3 is 9.47 Å². The SMILES string of the molecule is C=C(C)C(=O)OC(NCC)OCC. The van der Waals surface area contributed by atoms with Crippen molar-refractivity contribution in [3.8, 4) is 0 Å². The molecule has 0 aliphatic carbocycles. The lowest BCUT2D eigenvalue weighted by atomic mass is 10.4. The average Bonchev–Trinajstić information content (AvgIpc) is 2.05. The highest BCUT2D eigenvalue weighted by Crippen LogP contribution is 1.97. The lowest BCUT2D eigenvalue weighted by Crippen LogP contribution is -2.36. The van der Waals surface area contributed by atoms with Gasteiger partial charge in [-0.3, -0.25) is 5.32 Å². The highest BCUT2D eigenvalue weighted by Gasteiger charge is 2.12. The van der Waals surface area contributed by atoms with Gasteiger partial charge in [0.05, 0.1) is 0 Å². The van der Waals surface area contributed by atoms with Crippen LogP contribution in [0.2, 0.25) is 0 Å². The van der Waals surface area contributed by atoms with Gasteiger partial charge in [-0.15, -0.1) is 0 Å². The molecule has 4 nitrogen and oxygen atoms in total. The van der Waals surface area contributed by atoms with Gasteiger partial charge >= 0.3 is 5.97 Å². The van der Waals surface area contributed by atoms with E-state index >= 15 is 0 Å². The van der Waals surface area contributed by atoms with E-state index in [1.54, 1.807) is 6.92 Å². The molecule has 0 heterocycles. The van der Waals surface area contributed by atoms with Crippen molar-refractivity contribution in [2.75, 3.05) is 13.2 Å². The zero-order valence-electron chi connectivity index (χ0n) is 8.42. The molecular weight excluding hydrogens is 170 g/mol. The van der Waals surface area contributed by atoms with Crippen LogP contribution in [-0.2, 0) is 14.3 Å². The van der Waals surface area contributed by atoms with Crippen LogP contribution in [0.15, 0.2) is 12.2 Å². The summed E-state index contributed by atoms with van der Waals surface area (Å²) in [5.41, 5.74) is 0.364. The van der Waals surface area contributed by atoms with E-state index in [0.717, 1.165) is 0 Å². The number of esters is 1. The second kappa shape index (κ2) is 6.62. The van der Waals surface area contributed by atoms with Gasteiger partial charge in [0, 0.05) is 12.2 Å². The maximum Gasteiger partial charge on any atom is 0.336 e. The van der Waals surface area contributed by atoms with Crippen LogP contribution in [0, 0.1) is 0 Å². The van der Waals surface area contributed by atoms with Crippen LogP contribution in [-0.4, -0.2) is 25.5 Å². The summed E-state index contributed by atoms with van der Waals surface area (Å²) in [6.07, 6.45) is -0.667. The molecule has 0 aromatic rings. The van der Waals surface area contributed by atoms with Crippen molar-refractivity contribution in [2.45, 2.75) is 27.2 Å².